The van der Waals surface area contributed by atoms with E-state index in [1.807, 2.05) is 6.07 Å². The molecule has 3 N–H and O–H groups in total. The molecule has 2 aromatic rings. The average Bonchev–Trinajstić information content (AvgIpc) is 2.43. The summed E-state index contributed by atoms with van der Waals surface area (Å²) >= 11 is 0. The predicted molar refractivity (Wildman–Crippen MR) is 72.7 cm³/mol. The summed E-state index contributed by atoms with van der Waals surface area (Å²) in [7, 11) is 0. The van der Waals surface area contributed by atoms with Crippen molar-refractivity contribution in [1.82, 2.24) is 0 Å². The van der Waals surface area contributed by atoms with Crippen LogP contribution in [-0.2, 0) is 4.79 Å². The third-order valence-electron chi connectivity index (χ3n) is 2.79. The Labute approximate surface area is 115 Å². The Morgan fingerprint density at radius 1 is 1.20 bits per heavy atom. The van der Waals surface area contributed by atoms with Crippen molar-refractivity contribution in [3.8, 4) is 5.75 Å². The van der Waals surface area contributed by atoms with Gasteiger partial charge >= 0.3 is 0 Å². The second-order valence-electron chi connectivity index (χ2n) is 4.34. The maximum absolute atomic E-state index is 13.4. The number of amides is 1. The molecule has 0 spiro atoms. The quantitative estimate of drug-likeness (QED) is 0.751. The van der Waals surface area contributed by atoms with Gasteiger partial charge in [-0.15, -0.1) is 0 Å². The smallest absolute Gasteiger partial charge is 0.227 e. The van der Waals surface area contributed by atoms with Gasteiger partial charge in [-0.1, -0.05) is 30.3 Å². The zero-order valence-corrected chi connectivity index (χ0v) is 10.6. The van der Waals surface area contributed by atoms with Crippen molar-refractivity contribution >= 4 is 11.6 Å². The van der Waals surface area contributed by atoms with Crippen molar-refractivity contribution in [2.45, 2.75) is 12.5 Å². The van der Waals surface area contributed by atoms with Crippen molar-refractivity contribution in [3.63, 3.8) is 0 Å². The van der Waals surface area contributed by atoms with Gasteiger partial charge in [0.05, 0.1) is 18.2 Å². The van der Waals surface area contributed by atoms with Gasteiger partial charge in [-0.05, 0) is 17.7 Å². The summed E-state index contributed by atoms with van der Waals surface area (Å²) in [6.45, 7) is 0. The molecule has 1 unspecified atom stereocenters. The minimum atomic E-state index is -0.948. The van der Waals surface area contributed by atoms with Gasteiger partial charge in [-0.3, -0.25) is 4.79 Å². The fourth-order valence-corrected chi connectivity index (χ4v) is 1.78. The third kappa shape index (κ3) is 3.55. The first kappa shape index (κ1) is 14.0. The molecule has 0 aliphatic rings. The van der Waals surface area contributed by atoms with Crippen molar-refractivity contribution in [1.29, 1.82) is 0 Å². The number of aliphatic hydroxyl groups is 1. The highest BCUT2D eigenvalue weighted by atomic mass is 19.1. The molecule has 0 saturated heterocycles. The number of nitrogens with one attached hydrogen (secondary N) is 1. The van der Waals surface area contributed by atoms with Crippen LogP contribution < -0.4 is 5.32 Å². The molecule has 0 radical (unpaired) electrons. The molecule has 20 heavy (non-hydrogen) atoms. The molecule has 2 rings (SSSR count). The molecular formula is C15H14FNO3. The number of phenolic OH excluding ortho intramolecular Hbond substituents is 1. The van der Waals surface area contributed by atoms with Gasteiger partial charge < -0.3 is 15.5 Å². The number of aliphatic hydroxyl groups excluding tert-OH is 1. The van der Waals surface area contributed by atoms with Crippen LogP contribution in [0.3, 0.4) is 0 Å². The van der Waals surface area contributed by atoms with Crippen LogP contribution in [0.1, 0.15) is 18.1 Å². The number of phenols is 1. The normalized spacial score (nSPS) is 11.9. The molecule has 104 valence electrons. The van der Waals surface area contributed by atoms with E-state index in [9.17, 15) is 14.3 Å². The lowest BCUT2D eigenvalue weighted by molar-refractivity contribution is -0.118. The number of rotatable bonds is 4. The molecule has 4 nitrogen and oxygen atoms in total. The molecule has 0 aliphatic heterocycles. The third-order valence-corrected chi connectivity index (χ3v) is 2.79. The fourth-order valence-electron chi connectivity index (χ4n) is 1.78. The summed E-state index contributed by atoms with van der Waals surface area (Å²) in [4.78, 5) is 11.7. The second kappa shape index (κ2) is 6.16. The summed E-state index contributed by atoms with van der Waals surface area (Å²) < 4.78 is 13.4. The lowest BCUT2D eigenvalue weighted by Gasteiger charge is -2.11. The first-order valence-electron chi connectivity index (χ1n) is 6.07. The first-order valence-corrected chi connectivity index (χ1v) is 6.07. The predicted octanol–water partition coefficient (Wildman–Crippen LogP) is 2.59. The molecule has 0 bridgehead atoms. The van der Waals surface area contributed by atoms with Crippen molar-refractivity contribution in [3.05, 3.63) is 59.9 Å². The minimum Gasteiger partial charge on any atom is -0.508 e. The summed E-state index contributed by atoms with van der Waals surface area (Å²) in [5.74, 6) is -1.46. The van der Waals surface area contributed by atoms with Crippen molar-refractivity contribution in [2.75, 3.05) is 5.32 Å². The van der Waals surface area contributed by atoms with Gasteiger partial charge in [0.2, 0.25) is 5.91 Å². The SMILES string of the molecule is O=C(CC(O)c1ccccc1)Nc1ccc(O)cc1F. The summed E-state index contributed by atoms with van der Waals surface area (Å²) in [5.41, 5.74) is 0.585. The highest BCUT2D eigenvalue weighted by Crippen LogP contribution is 2.21. The Bertz CT molecular complexity index is 601. The van der Waals surface area contributed by atoms with Crippen LogP contribution in [-0.4, -0.2) is 16.1 Å². The molecule has 0 aromatic heterocycles. The molecule has 0 heterocycles. The highest BCUT2D eigenvalue weighted by Gasteiger charge is 2.14. The fraction of sp³-hybridized carbons (Fsp3) is 0.133. The van der Waals surface area contributed by atoms with E-state index in [1.165, 1.54) is 12.1 Å². The van der Waals surface area contributed by atoms with Crippen LogP contribution in [0.5, 0.6) is 5.75 Å². The number of benzene rings is 2. The zero-order chi connectivity index (χ0) is 14.5. The number of anilines is 1. The largest absolute Gasteiger partial charge is 0.508 e. The molecule has 0 aliphatic carbocycles. The Kier molecular flexibility index (Phi) is 4.32. The lowest BCUT2D eigenvalue weighted by Crippen LogP contribution is -2.16. The van der Waals surface area contributed by atoms with Gasteiger partial charge in [-0.2, -0.15) is 0 Å². The molecule has 1 amide bonds. The molecule has 5 heteroatoms. The maximum Gasteiger partial charge on any atom is 0.227 e. The van der Waals surface area contributed by atoms with Crippen molar-refractivity contribution < 1.29 is 19.4 Å². The number of hydrogen-bond donors (Lipinski definition) is 3. The topological polar surface area (TPSA) is 69.6 Å². The molecule has 2 aromatic carbocycles. The van der Waals surface area contributed by atoms with E-state index < -0.39 is 17.8 Å². The van der Waals surface area contributed by atoms with Gasteiger partial charge in [0.25, 0.3) is 0 Å². The van der Waals surface area contributed by atoms with Crippen LogP contribution in [0.4, 0.5) is 10.1 Å². The highest BCUT2D eigenvalue weighted by molar-refractivity contribution is 5.91. The van der Waals surface area contributed by atoms with Gasteiger partial charge in [0.15, 0.2) is 0 Å². The molecule has 1 atom stereocenters. The number of aromatic hydroxyl groups is 1. The van der Waals surface area contributed by atoms with Gasteiger partial charge in [0, 0.05) is 6.07 Å². The van der Waals surface area contributed by atoms with Crippen LogP contribution in [0.15, 0.2) is 48.5 Å². The average molecular weight is 275 g/mol. The summed E-state index contributed by atoms with van der Waals surface area (Å²) in [6.07, 6.45) is -1.12. The minimum absolute atomic E-state index is 0.0342. The van der Waals surface area contributed by atoms with Crippen LogP contribution in [0.2, 0.25) is 0 Å². The number of carbonyl (C=O) groups is 1. The Morgan fingerprint density at radius 3 is 2.55 bits per heavy atom. The van der Waals surface area contributed by atoms with Crippen LogP contribution in [0.25, 0.3) is 0 Å². The van der Waals surface area contributed by atoms with Crippen LogP contribution >= 0.6 is 0 Å². The Balaban J connectivity index is 1.99. The summed E-state index contributed by atoms with van der Waals surface area (Å²) in [6, 6.07) is 12.2. The summed E-state index contributed by atoms with van der Waals surface area (Å²) in [5, 5.41) is 21.3. The van der Waals surface area contributed by atoms with E-state index >= 15 is 0 Å². The Morgan fingerprint density at radius 2 is 1.90 bits per heavy atom. The monoisotopic (exact) mass is 275 g/mol. The lowest BCUT2D eigenvalue weighted by atomic mass is 10.1. The molecule has 0 fully saturated rings. The number of halogens is 1. The number of carbonyl (C=O) groups excluding carboxylic acids is 1. The van der Waals surface area contributed by atoms with Crippen LogP contribution in [0, 0.1) is 5.82 Å². The second-order valence-corrected chi connectivity index (χ2v) is 4.34. The van der Waals surface area contributed by atoms with E-state index in [0.29, 0.717) is 5.56 Å². The van der Waals surface area contributed by atoms with E-state index in [1.54, 1.807) is 24.3 Å². The molecule has 0 saturated carbocycles. The van der Waals surface area contributed by atoms with Gasteiger partial charge in [0.1, 0.15) is 11.6 Å². The van der Waals surface area contributed by atoms with E-state index in [0.717, 1.165) is 6.07 Å². The maximum atomic E-state index is 13.4. The molecular weight excluding hydrogens is 261 g/mol. The number of hydrogen-bond acceptors (Lipinski definition) is 3. The van der Waals surface area contributed by atoms with E-state index in [-0.39, 0.29) is 17.9 Å². The van der Waals surface area contributed by atoms with Crippen molar-refractivity contribution in [2.24, 2.45) is 0 Å². The Hall–Kier alpha value is -2.40. The van der Waals surface area contributed by atoms with E-state index in [2.05, 4.69) is 5.32 Å². The zero-order valence-electron chi connectivity index (χ0n) is 10.6. The first-order chi connectivity index (χ1) is 9.56. The van der Waals surface area contributed by atoms with E-state index in [4.69, 9.17) is 5.11 Å². The standard InChI is InChI=1S/C15H14FNO3/c16-12-8-11(18)6-7-13(12)17-15(20)9-14(19)10-4-2-1-3-5-10/h1-8,14,18-19H,9H2,(H,17,20). The van der Waals surface area contributed by atoms with Gasteiger partial charge in [-0.25, -0.2) is 4.39 Å².